The maximum absolute atomic E-state index is 13.3. The van der Waals surface area contributed by atoms with E-state index in [2.05, 4.69) is 0 Å². The van der Waals surface area contributed by atoms with Crippen molar-refractivity contribution in [2.45, 2.75) is 26.7 Å². The van der Waals surface area contributed by atoms with Crippen LogP contribution in [0, 0.1) is 60.4 Å². The number of benzene rings is 2. The first-order valence-electron chi connectivity index (χ1n) is 8.58. The molecule has 0 spiro atoms. The van der Waals surface area contributed by atoms with Gasteiger partial charge in [-0.05, 0) is 20.8 Å². The van der Waals surface area contributed by atoms with Gasteiger partial charge in [0.15, 0.2) is 46.5 Å². The molecule has 0 bridgehead atoms. The summed E-state index contributed by atoms with van der Waals surface area (Å²) >= 11 is 0. The van der Waals surface area contributed by atoms with Gasteiger partial charge in [0.05, 0.1) is 5.56 Å². The van der Waals surface area contributed by atoms with Crippen LogP contribution in [-0.2, 0) is 5.92 Å². The van der Waals surface area contributed by atoms with E-state index in [1.807, 2.05) is 0 Å². The highest BCUT2D eigenvalue weighted by Gasteiger charge is 2.47. The van der Waals surface area contributed by atoms with Crippen molar-refractivity contribution in [3.63, 3.8) is 0 Å². The molecule has 2 rings (SSSR count). The monoisotopic (exact) mass is 534 g/mol. The second-order valence-electron chi connectivity index (χ2n) is 6.51. The third-order valence-electron chi connectivity index (χ3n) is 4.24. The third kappa shape index (κ3) is 5.42. The van der Waals surface area contributed by atoms with E-state index in [1.54, 1.807) is 0 Å². The van der Waals surface area contributed by atoms with Crippen LogP contribution in [0.2, 0.25) is 0 Å². The Bertz CT molecular complexity index is 1160. The third-order valence-corrected chi connectivity index (χ3v) is 4.24. The predicted molar refractivity (Wildman–Crippen MR) is 91.1 cm³/mol. The van der Waals surface area contributed by atoms with E-state index in [0.717, 1.165) is 0 Å². The molecule has 0 radical (unpaired) electrons. The average Bonchev–Trinajstić information content (AvgIpc) is 2.78. The normalized spacial score (nSPS) is 12.2. The number of allylic oxidation sites excluding steroid dienone is 2. The summed E-state index contributed by atoms with van der Waals surface area (Å²) in [4.78, 5) is 0. The molecule has 15 heteroatoms. The smallest absolute Gasteiger partial charge is 0.209 e. The molecule has 2 aromatic carbocycles. The number of hydrogen-bond donors (Lipinski definition) is 0. The Labute approximate surface area is 186 Å². The molecule has 0 atom stereocenters. The lowest BCUT2D eigenvalue weighted by Crippen LogP contribution is -2.22. The molecule has 0 fully saturated rings. The Morgan fingerprint density at radius 3 is 1.14 bits per heavy atom. The summed E-state index contributed by atoms with van der Waals surface area (Å²) in [5, 5.41) is 0. The van der Waals surface area contributed by atoms with Gasteiger partial charge in [-0.3, -0.25) is 0 Å². The summed E-state index contributed by atoms with van der Waals surface area (Å²) in [6.45, 7) is 1.55. The first-order chi connectivity index (χ1) is 15.8. The fourth-order valence-corrected chi connectivity index (χ4v) is 2.37. The summed E-state index contributed by atoms with van der Waals surface area (Å²) in [6, 6.07) is 0. The van der Waals surface area contributed by atoms with Crippen molar-refractivity contribution in [3.8, 4) is 0 Å². The van der Waals surface area contributed by atoms with Crippen LogP contribution < -0.4 is 0 Å². The van der Waals surface area contributed by atoms with Crippen LogP contribution in [0.3, 0.4) is 0 Å². The summed E-state index contributed by atoms with van der Waals surface area (Å²) in [5.41, 5.74) is -6.79. The molecular weight excluding hydrogens is 525 g/mol. The van der Waals surface area contributed by atoms with E-state index in [1.165, 1.54) is 0 Å². The largest absolute Gasteiger partial charge is 0.332 e. The Kier molecular flexibility index (Phi) is 9.09. The van der Waals surface area contributed by atoms with Gasteiger partial charge in [0.2, 0.25) is 11.7 Å². The first-order valence-corrected chi connectivity index (χ1v) is 8.58. The van der Waals surface area contributed by atoms with Gasteiger partial charge in [-0.1, -0.05) is 0 Å². The van der Waals surface area contributed by atoms with Crippen molar-refractivity contribution in [2.24, 2.45) is 0 Å². The molecule has 0 saturated heterocycles. The molecular formula is C20H9F15. The minimum absolute atomic E-state index is 0.264. The van der Waals surface area contributed by atoms with Gasteiger partial charge < -0.3 is 0 Å². The van der Waals surface area contributed by atoms with Crippen molar-refractivity contribution >= 4 is 5.83 Å². The summed E-state index contributed by atoms with van der Waals surface area (Å²) in [6.07, 6.45) is -3.07. The van der Waals surface area contributed by atoms with Crippen LogP contribution in [-0.4, -0.2) is 0 Å². The summed E-state index contributed by atoms with van der Waals surface area (Å²) < 4.78 is 192. The van der Waals surface area contributed by atoms with Gasteiger partial charge >= 0.3 is 12.0 Å². The van der Waals surface area contributed by atoms with Crippen LogP contribution in [0.4, 0.5) is 65.9 Å². The van der Waals surface area contributed by atoms with E-state index in [4.69, 9.17) is 0 Å². The van der Waals surface area contributed by atoms with E-state index >= 15 is 0 Å². The fraction of sp³-hybridized carbons (Fsp3) is 0.200. The van der Waals surface area contributed by atoms with Crippen molar-refractivity contribution in [3.05, 3.63) is 86.5 Å². The maximum Gasteiger partial charge on any atom is 0.332 e. The highest BCUT2D eigenvalue weighted by Crippen LogP contribution is 2.42. The number of rotatable bonds is 3. The lowest BCUT2D eigenvalue weighted by molar-refractivity contribution is 0.00133. The quantitative estimate of drug-likeness (QED) is 0.273. The molecule has 0 amide bonds. The Morgan fingerprint density at radius 1 is 0.543 bits per heavy atom. The molecule has 0 N–H and O–H groups in total. The van der Waals surface area contributed by atoms with Crippen LogP contribution in [0.1, 0.15) is 29.2 Å². The van der Waals surface area contributed by atoms with Gasteiger partial charge in [-0.2, -0.15) is 17.6 Å². The van der Waals surface area contributed by atoms with Gasteiger partial charge in [-0.25, -0.2) is 48.3 Å². The Morgan fingerprint density at radius 2 is 0.857 bits per heavy atom. The fourth-order valence-electron chi connectivity index (χ4n) is 2.37. The highest BCUT2D eigenvalue weighted by molar-refractivity contribution is 5.61. The van der Waals surface area contributed by atoms with Gasteiger partial charge in [0.1, 0.15) is 11.4 Å². The van der Waals surface area contributed by atoms with Gasteiger partial charge in [0, 0.05) is 11.1 Å². The number of alkyl halides is 2. The molecule has 35 heavy (non-hydrogen) atoms. The van der Waals surface area contributed by atoms with Crippen molar-refractivity contribution in [2.75, 3.05) is 0 Å². The topological polar surface area (TPSA) is 0 Å². The van der Waals surface area contributed by atoms with E-state index in [0.29, 0.717) is 13.8 Å². The van der Waals surface area contributed by atoms with E-state index in [9.17, 15) is 65.9 Å². The molecule has 0 aliphatic rings. The van der Waals surface area contributed by atoms with Crippen LogP contribution in [0.15, 0.2) is 17.7 Å². The zero-order valence-corrected chi connectivity index (χ0v) is 17.2. The average molecular weight is 534 g/mol. The SMILES string of the molecule is C/C(F)=C(\F)C(F)(F)c1c(F)c(F)c(C)c(F)c1F.Cc1c(F)c(F)c(C(F)=C(F)F)c(F)c1F. The first kappa shape index (κ1) is 29.9. The molecule has 194 valence electrons. The number of halogens is 15. The minimum atomic E-state index is -5.16. The standard InChI is InChI=1S/C11H6F8.C9H3F7/c1-3-6(13)8(15)5(9(16)7(3)14)11(18,19)10(17)4(2)12;1-2-4(10)6(12)3(7(13)5(2)11)8(14)9(15)16/h1-2H3;1H3/b10-4+;. The van der Waals surface area contributed by atoms with Gasteiger partial charge in [0.25, 0.3) is 0 Å². The molecule has 0 nitrogen and oxygen atoms in total. The Balaban J connectivity index is 0.000000355. The predicted octanol–water partition coefficient (Wildman–Crippen LogP) is 8.90. The molecule has 0 heterocycles. The van der Waals surface area contributed by atoms with Crippen molar-refractivity contribution < 1.29 is 65.9 Å². The van der Waals surface area contributed by atoms with E-state index in [-0.39, 0.29) is 6.92 Å². The van der Waals surface area contributed by atoms with Crippen LogP contribution >= 0.6 is 0 Å². The number of hydrogen-bond acceptors (Lipinski definition) is 0. The zero-order chi connectivity index (χ0) is 27.7. The lowest BCUT2D eigenvalue weighted by atomic mass is 10.0. The van der Waals surface area contributed by atoms with Crippen LogP contribution in [0.5, 0.6) is 0 Å². The molecule has 0 saturated carbocycles. The lowest BCUT2D eigenvalue weighted by Gasteiger charge is -2.18. The van der Waals surface area contributed by atoms with Crippen molar-refractivity contribution in [1.82, 2.24) is 0 Å². The van der Waals surface area contributed by atoms with Gasteiger partial charge in [-0.15, -0.1) is 0 Å². The minimum Gasteiger partial charge on any atom is -0.209 e. The molecule has 0 unspecified atom stereocenters. The van der Waals surface area contributed by atoms with E-state index < -0.39 is 98.3 Å². The summed E-state index contributed by atoms with van der Waals surface area (Å²) in [7, 11) is 0. The summed E-state index contributed by atoms with van der Waals surface area (Å²) in [5.74, 6) is -30.0. The molecule has 2 aromatic rings. The zero-order valence-electron chi connectivity index (χ0n) is 17.2. The molecule has 0 aliphatic heterocycles. The second kappa shape index (κ2) is 10.6. The highest BCUT2D eigenvalue weighted by atomic mass is 19.3. The maximum atomic E-state index is 13.3. The van der Waals surface area contributed by atoms with Crippen molar-refractivity contribution in [1.29, 1.82) is 0 Å². The molecule has 0 aromatic heterocycles. The second-order valence-corrected chi connectivity index (χ2v) is 6.51. The molecule has 0 aliphatic carbocycles. The Hall–Kier alpha value is -3.13. The van der Waals surface area contributed by atoms with Crippen LogP contribution in [0.25, 0.3) is 5.83 Å².